The van der Waals surface area contributed by atoms with Gasteiger partial charge in [-0.2, -0.15) is 0 Å². The molecule has 1 heterocycles. The summed E-state index contributed by atoms with van der Waals surface area (Å²) in [6.07, 6.45) is -0.760. The maximum atomic E-state index is 11.3. The number of halogens is 1. The normalized spacial score (nSPS) is 21.4. The zero-order valence-corrected chi connectivity index (χ0v) is 11.4. The second-order valence-corrected chi connectivity index (χ2v) is 6.00. The molecule has 0 spiro atoms. The predicted octanol–water partition coefficient (Wildman–Crippen LogP) is 0.340. The van der Waals surface area contributed by atoms with E-state index in [2.05, 4.69) is 0 Å². The molecular formula is C8H13ClN2O5S. The van der Waals surface area contributed by atoms with Crippen LogP contribution in [0.4, 0.5) is 4.79 Å². The average molecular weight is 285 g/mol. The molecule has 0 aromatic rings. The van der Waals surface area contributed by atoms with Gasteiger partial charge in [0.05, 0.1) is 0 Å². The molecule has 1 atom stereocenters. The minimum atomic E-state index is -3.59. The number of hydroxylamine groups is 2. The number of carbonyl (C=O) groups excluding carboxylic acids is 1. The first kappa shape index (κ1) is 14.1. The molecule has 0 N–H and O–H groups in total. The molecular weight excluding hydrogens is 272 g/mol. The third-order valence-corrected chi connectivity index (χ3v) is 3.32. The molecule has 1 rings (SSSR count). The second-order valence-electron chi connectivity index (χ2n) is 3.68. The van der Waals surface area contributed by atoms with Gasteiger partial charge in [0.25, 0.3) is 5.09 Å². The Kier molecular flexibility index (Phi) is 3.90. The molecule has 0 aromatic carbocycles. The van der Waals surface area contributed by atoms with E-state index >= 15 is 0 Å². The number of likely N-dealkylation sites (N-methyl/N-ethyl adjacent to an activating group) is 1. The van der Waals surface area contributed by atoms with Crippen molar-refractivity contribution < 1.29 is 22.8 Å². The van der Waals surface area contributed by atoms with Crippen LogP contribution in [0.25, 0.3) is 0 Å². The lowest BCUT2D eigenvalue weighted by Crippen LogP contribution is -2.35. The Hall–Kier alpha value is -0.990. The highest BCUT2D eigenvalue weighted by molar-refractivity contribution is 7.94. The molecule has 1 aliphatic rings. The van der Waals surface area contributed by atoms with E-state index in [9.17, 15) is 13.2 Å². The SMILES string of the molecule is CN(C)C(=O)OC1C(Cl)=C(S(C)(=O)=O)ON1C. The summed E-state index contributed by atoms with van der Waals surface area (Å²) in [6, 6.07) is 0. The van der Waals surface area contributed by atoms with Crippen LogP contribution in [0.5, 0.6) is 0 Å². The van der Waals surface area contributed by atoms with Gasteiger partial charge in [-0.1, -0.05) is 16.7 Å². The minimum absolute atomic E-state index is 0.176. The summed E-state index contributed by atoms with van der Waals surface area (Å²) in [4.78, 5) is 17.5. The molecule has 1 unspecified atom stereocenters. The van der Waals surface area contributed by atoms with Crippen molar-refractivity contribution in [3.63, 3.8) is 0 Å². The number of sulfone groups is 1. The highest BCUT2D eigenvalue weighted by Gasteiger charge is 2.39. The van der Waals surface area contributed by atoms with Gasteiger partial charge >= 0.3 is 6.09 Å². The van der Waals surface area contributed by atoms with Crippen LogP contribution in [0, 0.1) is 0 Å². The van der Waals surface area contributed by atoms with Gasteiger partial charge in [0.15, 0.2) is 0 Å². The summed E-state index contributed by atoms with van der Waals surface area (Å²) in [6.45, 7) is 0. The van der Waals surface area contributed by atoms with Gasteiger partial charge in [-0.25, -0.2) is 13.2 Å². The van der Waals surface area contributed by atoms with Crippen molar-refractivity contribution in [3.8, 4) is 0 Å². The Morgan fingerprint density at radius 2 is 2.06 bits per heavy atom. The van der Waals surface area contributed by atoms with Crippen molar-refractivity contribution >= 4 is 27.5 Å². The molecule has 7 nitrogen and oxygen atoms in total. The predicted molar refractivity (Wildman–Crippen MR) is 60.5 cm³/mol. The minimum Gasteiger partial charge on any atom is -0.421 e. The number of rotatable bonds is 2. The van der Waals surface area contributed by atoms with E-state index in [1.165, 1.54) is 26.0 Å². The van der Waals surface area contributed by atoms with Crippen LogP contribution in [0.15, 0.2) is 10.1 Å². The van der Waals surface area contributed by atoms with E-state index in [1.807, 2.05) is 0 Å². The van der Waals surface area contributed by atoms with E-state index in [0.29, 0.717) is 0 Å². The van der Waals surface area contributed by atoms with Crippen molar-refractivity contribution in [1.82, 2.24) is 9.96 Å². The van der Waals surface area contributed by atoms with Gasteiger partial charge < -0.3 is 14.5 Å². The summed E-state index contributed by atoms with van der Waals surface area (Å²) < 4.78 is 27.6. The first-order valence-corrected chi connectivity index (χ1v) is 6.80. The van der Waals surface area contributed by atoms with Gasteiger partial charge in [-0.15, -0.1) is 0 Å². The molecule has 0 aliphatic carbocycles. The van der Waals surface area contributed by atoms with Crippen molar-refractivity contribution in [3.05, 3.63) is 10.1 Å². The van der Waals surface area contributed by atoms with Crippen molar-refractivity contribution in [2.45, 2.75) is 6.23 Å². The Morgan fingerprint density at radius 1 is 1.53 bits per heavy atom. The van der Waals surface area contributed by atoms with Gasteiger partial charge in [-0.3, -0.25) is 0 Å². The van der Waals surface area contributed by atoms with Crippen LogP contribution in [-0.4, -0.2) is 58.1 Å². The highest BCUT2D eigenvalue weighted by Crippen LogP contribution is 2.31. The Balaban J connectivity index is 2.95. The lowest BCUT2D eigenvalue weighted by Gasteiger charge is -2.20. The van der Waals surface area contributed by atoms with Gasteiger partial charge in [-0.05, 0) is 0 Å². The molecule has 9 heteroatoms. The quantitative estimate of drug-likeness (QED) is 0.728. The summed E-state index contributed by atoms with van der Waals surface area (Å²) in [5.41, 5.74) is 0. The smallest absolute Gasteiger partial charge is 0.411 e. The fraction of sp³-hybridized carbons (Fsp3) is 0.625. The Morgan fingerprint density at radius 3 is 2.41 bits per heavy atom. The van der Waals surface area contributed by atoms with E-state index < -0.39 is 27.2 Å². The molecule has 0 saturated heterocycles. The molecule has 1 amide bonds. The van der Waals surface area contributed by atoms with Crippen LogP contribution >= 0.6 is 11.6 Å². The molecule has 0 aromatic heterocycles. The number of hydrogen-bond donors (Lipinski definition) is 0. The molecule has 98 valence electrons. The topological polar surface area (TPSA) is 76.1 Å². The van der Waals surface area contributed by atoms with Crippen LogP contribution < -0.4 is 0 Å². The zero-order valence-electron chi connectivity index (χ0n) is 9.80. The summed E-state index contributed by atoms with van der Waals surface area (Å²) >= 11 is 5.81. The van der Waals surface area contributed by atoms with Gasteiger partial charge in [0.2, 0.25) is 16.1 Å². The number of amides is 1. The summed E-state index contributed by atoms with van der Waals surface area (Å²) in [5.74, 6) is 0. The van der Waals surface area contributed by atoms with E-state index in [-0.39, 0.29) is 5.03 Å². The van der Waals surface area contributed by atoms with Crippen molar-refractivity contribution in [2.24, 2.45) is 0 Å². The zero-order chi connectivity index (χ0) is 13.4. The van der Waals surface area contributed by atoms with Gasteiger partial charge in [0.1, 0.15) is 5.03 Å². The maximum Gasteiger partial charge on any atom is 0.411 e. The number of hydrogen-bond acceptors (Lipinski definition) is 6. The number of carbonyl (C=O) groups is 1. The summed E-state index contributed by atoms with van der Waals surface area (Å²) in [5, 5.41) is 0.476. The largest absolute Gasteiger partial charge is 0.421 e. The Labute approximate surface area is 104 Å². The van der Waals surface area contributed by atoms with Crippen LogP contribution in [0.3, 0.4) is 0 Å². The molecule has 0 saturated carbocycles. The first-order chi connectivity index (χ1) is 7.64. The fourth-order valence-corrected chi connectivity index (χ4v) is 2.40. The fourth-order valence-electron chi connectivity index (χ4n) is 1.05. The lowest BCUT2D eigenvalue weighted by molar-refractivity contribution is -0.149. The first-order valence-electron chi connectivity index (χ1n) is 4.53. The van der Waals surface area contributed by atoms with E-state index in [4.69, 9.17) is 21.2 Å². The molecule has 0 bridgehead atoms. The Bertz CT molecular complexity index is 459. The van der Waals surface area contributed by atoms with E-state index in [0.717, 1.165) is 11.3 Å². The number of ether oxygens (including phenoxy) is 1. The third-order valence-electron chi connectivity index (χ3n) is 1.88. The monoisotopic (exact) mass is 284 g/mol. The van der Waals surface area contributed by atoms with Crippen molar-refractivity contribution in [2.75, 3.05) is 27.4 Å². The number of nitrogens with zero attached hydrogens (tertiary/aromatic N) is 2. The van der Waals surface area contributed by atoms with Crippen LogP contribution in [0.2, 0.25) is 0 Å². The molecule has 1 aliphatic heterocycles. The standard InChI is InChI=1S/C8H13ClN2O5S/c1-10(2)8(12)15-6-5(9)7(16-11(6)3)17(4,13)14/h6H,1-4H3. The maximum absolute atomic E-state index is 11.3. The molecule has 0 radical (unpaired) electrons. The van der Waals surface area contributed by atoms with Crippen molar-refractivity contribution in [1.29, 1.82) is 0 Å². The van der Waals surface area contributed by atoms with Crippen LogP contribution in [-0.2, 0) is 19.4 Å². The molecule has 0 fully saturated rings. The van der Waals surface area contributed by atoms with Crippen LogP contribution in [0.1, 0.15) is 0 Å². The molecule has 17 heavy (non-hydrogen) atoms. The third kappa shape index (κ3) is 3.02. The summed E-state index contributed by atoms with van der Waals surface area (Å²) in [7, 11) is 0.803. The van der Waals surface area contributed by atoms with E-state index in [1.54, 1.807) is 0 Å². The van der Waals surface area contributed by atoms with Gasteiger partial charge in [0, 0.05) is 27.4 Å². The second kappa shape index (κ2) is 4.71. The average Bonchev–Trinajstić information content (AvgIpc) is 2.44. The lowest BCUT2D eigenvalue weighted by atomic mass is 10.5. The highest BCUT2D eigenvalue weighted by atomic mass is 35.5.